The van der Waals surface area contributed by atoms with Gasteiger partial charge in [-0.1, -0.05) is 30.3 Å². The van der Waals surface area contributed by atoms with Crippen LogP contribution in [-0.2, 0) is 4.79 Å². The average molecular weight is 202 g/mol. The van der Waals surface area contributed by atoms with E-state index in [9.17, 15) is 9.90 Å². The van der Waals surface area contributed by atoms with Crippen LogP contribution in [0, 0.1) is 0 Å². The molecule has 3 nitrogen and oxygen atoms in total. The summed E-state index contributed by atoms with van der Waals surface area (Å²) in [4.78, 5) is 11.6. The van der Waals surface area contributed by atoms with Crippen LogP contribution >= 0.6 is 0 Å². The van der Waals surface area contributed by atoms with Gasteiger partial charge >= 0.3 is 0 Å². The molecule has 1 aromatic rings. The number of aliphatic hydroxyl groups excluding tert-OH is 2. The van der Waals surface area contributed by atoms with E-state index >= 15 is 0 Å². The lowest BCUT2D eigenvalue weighted by atomic mass is 9.93. The zero-order valence-corrected chi connectivity index (χ0v) is 7.92. The molecule has 1 aliphatic rings. The van der Waals surface area contributed by atoms with E-state index in [-0.39, 0.29) is 5.76 Å². The fourth-order valence-corrected chi connectivity index (χ4v) is 1.48. The molecule has 0 saturated heterocycles. The van der Waals surface area contributed by atoms with Crippen LogP contribution in [0.2, 0.25) is 0 Å². The van der Waals surface area contributed by atoms with Crippen molar-refractivity contribution in [3.8, 4) is 0 Å². The molecule has 15 heavy (non-hydrogen) atoms. The van der Waals surface area contributed by atoms with E-state index in [0.29, 0.717) is 5.57 Å². The minimum atomic E-state index is -1.43. The highest BCUT2D eigenvalue weighted by atomic mass is 16.3. The molecule has 0 aromatic heterocycles. The van der Waals surface area contributed by atoms with E-state index in [2.05, 4.69) is 0 Å². The Labute approximate surface area is 87.0 Å². The molecule has 0 fully saturated rings. The van der Waals surface area contributed by atoms with Crippen LogP contribution in [0.4, 0.5) is 0 Å². The molecular formula is C12H10O3. The molecule has 0 aliphatic heterocycles. The Hall–Kier alpha value is -1.87. The van der Waals surface area contributed by atoms with Crippen LogP contribution in [0.1, 0.15) is 5.56 Å². The van der Waals surface area contributed by atoms with Crippen molar-refractivity contribution in [2.75, 3.05) is 0 Å². The fourth-order valence-electron chi connectivity index (χ4n) is 1.48. The molecule has 1 unspecified atom stereocenters. The Bertz CT molecular complexity index is 443. The Morgan fingerprint density at radius 3 is 2.40 bits per heavy atom. The maximum atomic E-state index is 11.6. The van der Waals surface area contributed by atoms with Crippen LogP contribution < -0.4 is 0 Å². The van der Waals surface area contributed by atoms with Crippen LogP contribution in [0.25, 0.3) is 5.57 Å². The summed E-state index contributed by atoms with van der Waals surface area (Å²) in [5.41, 5.74) is 1.16. The van der Waals surface area contributed by atoms with Gasteiger partial charge in [0.05, 0.1) is 0 Å². The van der Waals surface area contributed by atoms with E-state index in [0.717, 1.165) is 5.56 Å². The summed E-state index contributed by atoms with van der Waals surface area (Å²) in [7, 11) is 0. The lowest BCUT2D eigenvalue weighted by molar-refractivity contribution is -0.121. The summed E-state index contributed by atoms with van der Waals surface area (Å²) in [5.74, 6) is -0.777. The molecule has 1 aromatic carbocycles. The second-order valence-corrected chi connectivity index (χ2v) is 3.30. The minimum absolute atomic E-state index is 0.306. The second kappa shape index (κ2) is 3.71. The summed E-state index contributed by atoms with van der Waals surface area (Å²) in [6.07, 6.45) is 1.43. The topological polar surface area (TPSA) is 57.5 Å². The first-order valence-electron chi connectivity index (χ1n) is 4.58. The van der Waals surface area contributed by atoms with Crippen molar-refractivity contribution in [3.05, 3.63) is 53.8 Å². The molecule has 0 bridgehead atoms. The van der Waals surface area contributed by atoms with Gasteiger partial charge < -0.3 is 10.2 Å². The van der Waals surface area contributed by atoms with Gasteiger partial charge in [-0.05, 0) is 17.7 Å². The predicted octanol–water partition coefficient (Wildman–Crippen LogP) is 1.46. The SMILES string of the molecule is O=C1C(c2ccccc2)=CC=C(O)C1O. The zero-order chi connectivity index (χ0) is 10.8. The number of benzene rings is 1. The Kier molecular flexibility index (Phi) is 2.39. The maximum Gasteiger partial charge on any atom is 0.199 e. The highest BCUT2D eigenvalue weighted by molar-refractivity contribution is 6.24. The molecule has 76 valence electrons. The molecule has 2 rings (SSSR count). The van der Waals surface area contributed by atoms with Crippen molar-refractivity contribution in [1.82, 2.24) is 0 Å². The van der Waals surface area contributed by atoms with Gasteiger partial charge in [0.25, 0.3) is 0 Å². The van der Waals surface area contributed by atoms with Crippen molar-refractivity contribution in [3.63, 3.8) is 0 Å². The Balaban J connectivity index is 2.43. The van der Waals surface area contributed by atoms with Crippen LogP contribution in [0.5, 0.6) is 0 Å². The average Bonchev–Trinajstić information content (AvgIpc) is 2.27. The first-order chi connectivity index (χ1) is 7.20. The van der Waals surface area contributed by atoms with Crippen molar-refractivity contribution in [2.24, 2.45) is 0 Å². The lowest BCUT2D eigenvalue weighted by Crippen LogP contribution is -2.26. The third kappa shape index (κ3) is 1.69. The highest BCUT2D eigenvalue weighted by Crippen LogP contribution is 2.22. The second-order valence-electron chi connectivity index (χ2n) is 3.30. The normalized spacial score (nSPS) is 20.9. The van der Waals surface area contributed by atoms with E-state index in [1.807, 2.05) is 18.2 Å². The van der Waals surface area contributed by atoms with E-state index < -0.39 is 11.9 Å². The molecule has 0 saturated carbocycles. The third-order valence-corrected chi connectivity index (χ3v) is 2.30. The van der Waals surface area contributed by atoms with Crippen LogP contribution in [0.15, 0.2) is 48.2 Å². The van der Waals surface area contributed by atoms with E-state index in [1.165, 1.54) is 12.2 Å². The largest absolute Gasteiger partial charge is 0.509 e. The zero-order valence-electron chi connectivity index (χ0n) is 7.92. The number of hydrogen-bond donors (Lipinski definition) is 2. The van der Waals surface area contributed by atoms with Gasteiger partial charge in [0.1, 0.15) is 5.76 Å². The van der Waals surface area contributed by atoms with Crippen molar-refractivity contribution < 1.29 is 15.0 Å². The fraction of sp³-hybridized carbons (Fsp3) is 0.0833. The number of carbonyl (C=O) groups excluding carboxylic acids is 1. The lowest BCUT2D eigenvalue weighted by Gasteiger charge is -2.15. The Morgan fingerprint density at radius 2 is 1.73 bits per heavy atom. The van der Waals surface area contributed by atoms with Gasteiger partial charge in [0.15, 0.2) is 11.9 Å². The molecule has 1 aliphatic carbocycles. The molecular weight excluding hydrogens is 192 g/mol. The summed E-state index contributed by atoms with van der Waals surface area (Å²) in [5, 5.41) is 18.5. The highest BCUT2D eigenvalue weighted by Gasteiger charge is 2.26. The molecule has 0 heterocycles. The molecule has 0 spiro atoms. The number of ketones is 1. The van der Waals surface area contributed by atoms with Crippen molar-refractivity contribution in [2.45, 2.75) is 6.10 Å². The quantitative estimate of drug-likeness (QED) is 0.724. The van der Waals surface area contributed by atoms with Crippen molar-refractivity contribution in [1.29, 1.82) is 0 Å². The Morgan fingerprint density at radius 1 is 1.07 bits per heavy atom. The number of allylic oxidation sites excluding steroid dienone is 2. The number of carbonyl (C=O) groups is 1. The van der Waals surface area contributed by atoms with Gasteiger partial charge in [-0.3, -0.25) is 4.79 Å². The van der Waals surface area contributed by atoms with Crippen molar-refractivity contribution >= 4 is 11.4 Å². The summed E-state index contributed by atoms with van der Waals surface area (Å²) >= 11 is 0. The first-order valence-corrected chi connectivity index (χ1v) is 4.58. The van der Waals surface area contributed by atoms with E-state index in [4.69, 9.17) is 5.11 Å². The number of hydrogen-bond acceptors (Lipinski definition) is 3. The predicted molar refractivity (Wildman–Crippen MR) is 56.1 cm³/mol. The van der Waals surface area contributed by atoms with Gasteiger partial charge in [-0.15, -0.1) is 0 Å². The first kappa shape index (κ1) is 9.68. The van der Waals surface area contributed by atoms with Gasteiger partial charge in [-0.2, -0.15) is 0 Å². The number of aliphatic hydroxyl groups is 2. The smallest absolute Gasteiger partial charge is 0.199 e. The van der Waals surface area contributed by atoms with Gasteiger partial charge in [-0.25, -0.2) is 0 Å². The van der Waals surface area contributed by atoms with Gasteiger partial charge in [0.2, 0.25) is 0 Å². The molecule has 3 heteroatoms. The van der Waals surface area contributed by atoms with Crippen LogP contribution in [0.3, 0.4) is 0 Å². The molecule has 1 atom stereocenters. The standard InChI is InChI=1S/C12H10O3/c13-10-7-6-9(11(14)12(10)15)8-4-2-1-3-5-8/h1-7,12-13,15H. The third-order valence-electron chi connectivity index (χ3n) is 2.30. The van der Waals surface area contributed by atoms with Crippen LogP contribution in [-0.4, -0.2) is 22.1 Å². The number of Topliss-reactive ketones (excluding diaryl/α,β-unsaturated/α-hetero) is 1. The summed E-state index contributed by atoms with van der Waals surface area (Å²) < 4.78 is 0. The molecule has 0 amide bonds. The van der Waals surface area contributed by atoms with E-state index in [1.54, 1.807) is 12.1 Å². The summed E-state index contributed by atoms with van der Waals surface area (Å²) in [6, 6.07) is 9.04. The number of rotatable bonds is 1. The maximum absolute atomic E-state index is 11.6. The summed E-state index contributed by atoms with van der Waals surface area (Å²) in [6.45, 7) is 0. The molecule has 2 N–H and O–H groups in total. The monoisotopic (exact) mass is 202 g/mol. The van der Waals surface area contributed by atoms with Gasteiger partial charge in [0, 0.05) is 5.57 Å². The minimum Gasteiger partial charge on any atom is -0.509 e. The molecule has 0 radical (unpaired) electrons.